The number of allylic oxidation sites excluding steroid dienone is 2. The fourth-order valence-corrected chi connectivity index (χ4v) is 4.33. The van der Waals surface area contributed by atoms with Gasteiger partial charge in [-0.3, -0.25) is 19.3 Å². The minimum Gasteiger partial charge on any atom is -0.322 e. The molecule has 1 fully saturated rings. The molecule has 0 unspecified atom stereocenters. The van der Waals surface area contributed by atoms with Crippen LogP contribution < -0.4 is 10.2 Å². The van der Waals surface area contributed by atoms with E-state index in [-0.39, 0.29) is 29.6 Å². The number of nitrogens with zero attached hydrogens (tertiary/aromatic N) is 1. The van der Waals surface area contributed by atoms with Gasteiger partial charge in [0.05, 0.1) is 17.5 Å². The molecule has 2 aromatic carbocycles. The van der Waals surface area contributed by atoms with Crippen LogP contribution >= 0.6 is 0 Å². The van der Waals surface area contributed by atoms with E-state index in [0.717, 1.165) is 22.4 Å². The third kappa shape index (κ3) is 3.60. The molecule has 29 heavy (non-hydrogen) atoms. The van der Waals surface area contributed by atoms with E-state index in [1.54, 1.807) is 24.3 Å². The number of fused-ring (bicyclic) bond motifs is 1. The Labute approximate surface area is 170 Å². The van der Waals surface area contributed by atoms with E-state index >= 15 is 0 Å². The lowest BCUT2D eigenvalue weighted by molar-refractivity contribution is -0.122. The highest BCUT2D eigenvalue weighted by molar-refractivity contribution is 6.22. The van der Waals surface area contributed by atoms with Crippen molar-refractivity contribution in [3.05, 3.63) is 70.8 Å². The molecule has 2 atom stereocenters. The summed E-state index contributed by atoms with van der Waals surface area (Å²) in [5.74, 6) is -1.19. The van der Waals surface area contributed by atoms with Crippen molar-refractivity contribution in [3.8, 4) is 0 Å². The number of rotatable bonds is 3. The zero-order chi connectivity index (χ0) is 20.7. The van der Waals surface area contributed by atoms with Crippen LogP contribution in [-0.4, -0.2) is 17.7 Å². The molecule has 2 aromatic rings. The molecule has 148 valence electrons. The summed E-state index contributed by atoms with van der Waals surface area (Å²) in [6.45, 7) is 5.95. The molecule has 4 rings (SSSR count). The van der Waals surface area contributed by atoms with Gasteiger partial charge in [0.2, 0.25) is 11.8 Å². The first-order valence-electron chi connectivity index (χ1n) is 9.86. The van der Waals surface area contributed by atoms with Gasteiger partial charge in [0.15, 0.2) is 0 Å². The topological polar surface area (TPSA) is 66.5 Å². The summed E-state index contributed by atoms with van der Waals surface area (Å²) in [5, 5.41) is 2.90. The summed E-state index contributed by atoms with van der Waals surface area (Å²) < 4.78 is 0. The van der Waals surface area contributed by atoms with Crippen LogP contribution in [0.25, 0.3) is 0 Å². The fraction of sp³-hybridized carbons (Fsp3) is 0.292. The molecule has 0 bridgehead atoms. The third-order valence-corrected chi connectivity index (χ3v) is 5.67. The first-order valence-corrected chi connectivity index (χ1v) is 9.86. The summed E-state index contributed by atoms with van der Waals surface area (Å²) in [6, 6.07) is 12.6. The molecule has 5 heteroatoms. The smallest absolute Gasteiger partial charge is 0.255 e. The lowest BCUT2D eigenvalue weighted by Gasteiger charge is -2.18. The number of carbonyl (C=O) groups excluding carboxylic acids is 3. The number of amides is 3. The van der Waals surface area contributed by atoms with E-state index in [2.05, 4.69) is 5.32 Å². The average molecular weight is 388 g/mol. The van der Waals surface area contributed by atoms with Crippen LogP contribution in [0.4, 0.5) is 11.4 Å². The van der Waals surface area contributed by atoms with Crippen molar-refractivity contribution in [1.82, 2.24) is 0 Å². The molecule has 1 heterocycles. The maximum absolute atomic E-state index is 12.9. The third-order valence-electron chi connectivity index (χ3n) is 5.67. The predicted octanol–water partition coefficient (Wildman–Crippen LogP) is 4.40. The van der Waals surface area contributed by atoms with E-state index in [1.165, 1.54) is 4.90 Å². The molecule has 2 aliphatic rings. The van der Waals surface area contributed by atoms with Gasteiger partial charge in [0, 0.05) is 11.3 Å². The highest BCUT2D eigenvalue weighted by Gasteiger charge is 2.48. The summed E-state index contributed by atoms with van der Waals surface area (Å²) >= 11 is 0. The van der Waals surface area contributed by atoms with Gasteiger partial charge in [-0.25, -0.2) is 0 Å². The number of nitrogens with one attached hydrogen (secondary N) is 1. The van der Waals surface area contributed by atoms with Crippen LogP contribution in [0.5, 0.6) is 0 Å². The number of hydrogen-bond acceptors (Lipinski definition) is 3. The van der Waals surface area contributed by atoms with Crippen molar-refractivity contribution in [2.24, 2.45) is 11.8 Å². The maximum atomic E-state index is 12.9. The predicted molar refractivity (Wildman–Crippen MR) is 113 cm³/mol. The van der Waals surface area contributed by atoms with E-state index in [9.17, 15) is 14.4 Å². The Balaban J connectivity index is 1.58. The summed E-state index contributed by atoms with van der Waals surface area (Å²) in [7, 11) is 0. The van der Waals surface area contributed by atoms with Crippen LogP contribution in [0.2, 0.25) is 0 Å². The highest BCUT2D eigenvalue weighted by atomic mass is 16.2. The van der Waals surface area contributed by atoms with E-state index in [0.29, 0.717) is 24.1 Å². The number of benzene rings is 2. The maximum Gasteiger partial charge on any atom is 0.255 e. The van der Waals surface area contributed by atoms with Gasteiger partial charge in [0.25, 0.3) is 5.91 Å². The van der Waals surface area contributed by atoms with Crippen molar-refractivity contribution in [2.45, 2.75) is 33.6 Å². The lowest BCUT2D eigenvalue weighted by Crippen LogP contribution is -2.31. The van der Waals surface area contributed by atoms with Crippen molar-refractivity contribution in [2.75, 3.05) is 10.2 Å². The summed E-state index contributed by atoms with van der Waals surface area (Å²) in [5.41, 5.74) is 4.86. The van der Waals surface area contributed by atoms with Gasteiger partial charge < -0.3 is 5.32 Å². The Morgan fingerprint density at radius 2 is 1.66 bits per heavy atom. The van der Waals surface area contributed by atoms with Crippen LogP contribution in [0.15, 0.2) is 54.1 Å². The Bertz CT molecular complexity index is 1030. The molecule has 0 saturated carbocycles. The van der Waals surface area contributed by atoms with E-state index < -0.39 is 0 Å². The zero-order valence-corrected chi connectivity index (χ0v) is 16.9. The van der Waals surface area contributed by atoms with Gasteiger partial charge in [-0.1, -0.05) is 23.8 Å². The van der Waals surface area contributed by atoms with Crippen LogP contribution in [0, 0.1) is 25.7 Å². The van der Waals surface area contributed by atoms with Crippen LogP contribution in [0.1, 0.15) is 41.3 Å². The molecule has 0 radical (unpaired) electrons. The van der Waals surface area contributed by atoms with Gasteiger partial charge in [0.1, 0.15) is 0 Å². The van der Waals surface area contributed by atoms with E-state index in [4.69, 9.17) is 0 Å². The van der Waals surface area contributed by atoms with Crippen molar-refractivity contribution >= 4 is 29.1 Å². The average Bonchev–Trinajstić information content (AvgIpc) is 2.91. The minimum atomic E-state index is -0.293. The lowest BCUT2D eigenvalue weighted by atomic mass is 9.82. The van der Waals surface area contributed by atoms with Gasteiger partial charge in [-0.2, -0.15) is 0 Å². The molecule has 1 aliphatic carbocycles. The zero-order valence-electron chi connectivity index (χ0n) is 16.9. The molecule has 0 aromatic heterocycles. The van der Waals surface area contributed by atoms with Gasteiger partial charge >= 0.3 is 0 Å². The van der Waals surface area contributed by atoms with Gasteiger partial charge in [-0.05, 0) is 75.1 Å². The molecule has 3 amide bonds. The number of aryl methyl sites for hydroxylation is 2. The van der Waals surface area contributed by atoms with Crippen molar-refractivity contribution < 1.29 is 14.4 Å². The first-order chi connectivity index (χ1) is 13.8. The number of hydrogen-bond donors (Lipinski definition) is 1. The number of anilines is 2. The second-order valence-corrected chi connectivity index (χ2v) is 8.10. The SMILES string of the molecule is CC1=CC[C@H]2C(=O)N(c3cccc(C(=O)Nc4cc(C)cc(C)c4)c3)C(=O)[C@H]2C1. The molecule has 5 nitrogen and oxygen atoms in total. The first kappa shape index (κ1) is 19.1. The van der Waals surface area contributed by atoms with Crippen LogP contribution in [0.3, 0.4) is 0 Å². The molecular formula is C24H24N2O3. The standard InChI is InChI=1S/C24H24N2O3/c1-14-7-8-20-21(12-14)24(29)26(23(20)28)19-6-4-5-17(13-19)22(27)25-18-10-15(2)9-16(3)11-18/h4-7,9-11,13,20-21H,8,12H2,1-3H3,(H,25,27)/t20-,21+/m1/s1. The quantitative estimate of drug-likeness (QED) is 0.626. The fourth-order valence-electron chi connectivity index (χ4n) is 4.33. The Kier molecular flexibility index (Phi) is 4.82. The second-order valence-electron chi connectivity index (χ2n) is 8.10. The molecule has 0 spiro atoms. The largest absolute Gasteiger partial charge is 0.322 e. The minimum absolute atomic E-state index is 0.167. The summed E-state index contributed by atoms with van der Waals surface area (Å²) in [6.07, 6.45) is 3.27. The molecule has 1 saturated heterocycles. The molecule has 1 N–H and O–H groups in total. The number of carbonyl (C=O) groups is 3. The molecule has 1 aliphatic heterocycles. The second kappa shape index (κ2) is 7.32. The van der Waals surface area contributed by atoms with Crippen molar-refractivity contribution in [3.63, 3.8) is 0 Å². The normalized spacial score (nSPS) is 21.1. The monoisotopic (exact) mass is 388 g/mol. The van der Waals surface area contributed by atoms with Gasteiger partial charge in [-0.15, -0.1) is 0 Å². The number of imide groups is 1. The van der Waals surface area contributed by atoms with Crippen molar-refractivity contribution in [1.29, 1.82) is 0 Å². The Morgan fingerprint density at radius 1 is 0.966 bits per heavy atom. The Morgan fingerprint density at radius 3 is 2.38 bits per heavy atom. The van der Waals surface area contributed by atoms with E-state index in [1.807, 2.05) is 45.0 Å². The van der Waals surface area contributed by atoms with Crippen LogP contribution in [-0.2, 0) is 9.59 Å². The molecular weight excluding hydrogens is 364 g/mol. The summed E-state index contributed by atoms with van der Waals surface area (Å²) in [4.78, 5) is 39.8. The highest BCUT2D eigenvalue weighted by Crippen LogP contribution is 2.39. The Hall–Kier alpha value is -3.21.